The summed E-state index contributed by atoms with van der Waals surface area (Å²) in [5, 5.41) is 7.97. The van der Waals surface area contributed by atoms with Crippen LogP contribution in [0.5, 0.6) is 0 Å². The van der Waals surface area contributed by atoms with Gasteiger partial charge in [0.15, 0.2) is 0 Å². The van der Waals surface area contributed by atoms with Gasteiger partial charge in [-0.3, -0.25) is 0 Å². The van der Waals surface area contributed by atoms with Gasteiger partial charge >= 0.3 is 0 Å². The zero-order chi connectivity index (χ0) is 13.9. The Bertz CT molecular complexity index is 587. The molecule has 1 saturated carbocycles. The molecule has 0 amide bonds. The Kier molecular flexibility index (Phi) is 3.83. The molecule has 0 atom stereocenters. The number of benzene rings is 1. The average molecular weight is 273 g/mol. The van der Waals surface area contributed by atoms with Crippen molar-refractivity contribution in [2.45, 2.75) is 45.2 Å². The Labute approximate surface area is 118 Å². The van der Waals surface area contributed by atoms with Gasteiger partial charge in [-0.1, -0.05) is 19.4 Å². The van der Waals surface area contributed by atoms with E-state index in [1.165, 1.54) is 36.2 Å². The molecule has 106 valence electrons. The van der Waals surface area contributed by atoms with Crippen LogP contribution in [0.4, 0.5) is 4.39 Å². The molecule has 1 N–H and O–H groups in total. The molecule has 4 heteroatoms. The van der Waals surface area contributed by atoms with E-state index in [1.807, 2.05) is 16.9 Å². The molecule has 1 fully saturated rings. The van der Waals surface area contributed by atoms with Crippen LogP contribution in [0.15, 0.2) is 30.5 Å². The Morgan fingerprint density at radius 2 is 2.25 bits per heavy atom. The Hall–Kier alpha value is -1.68. The van der Waals surface area contributed by atoms with Crippen LogP contribution in [0.3, 0.4) is 0 Å². The fourth-order valence-corrected chi connectivity index (χ4v) is 2.43. The topological polar surface area (TPSA) is 29.9 Å². The molecule has 0 radical (unpaired) electrons. The van der Waals surface area contributed by atoms with Gasteiger partial charge < -0.3 is 5.32 Å². The molecule has 2 aromatic rings. The predicted molar refractivity (Wildman–Crippen MR) is 77.4 cm³/mol. The van der Waals surface area contributed by atoms with Crippen molar-refractivity contribution in [1.29, 1.82) is 0 Å². The maximum absolute atomic E-state index is 13.4. The molecule has 3 nitrogen and oxygen atoms in total. The molecule has 0 unspecified atom stereocenters. The van der Waals surface area contributed by atoms with Crippen LogP contribution in [-0.2, 0) is 13.0 Å². The lowest BCUT2D eigenvalue weighted by molar-refractivity contribution is 0.624. The van der Waals surface area contributed by atoms with Crippen LogP contribution in [0.1, 0.15) is 37.4 Å². The minimum absolute atomic E-state index is 0.224. The van der Waals surface area contributed by atoms with E-state index in [0.29, 0.717) is 6.04 Å². The first-order valence-electron chi connectivity index (χ1n) is 7.33. The lowest BCUT2D eigenvalue weighted by Crippen LogP contribution is -2.16. The van der Waals surface area contributed by atoms with Gasteiger partial charge in [0.1, 0.15) is 5.82 Å². The van der Waals surface area contributed by atoms with Gasteiger partial charge in [0.2, 0.25) is 0 Å². The van der Waals surface area contributed by atoms with E-state index >= 15 is 0 Å². The monoisotopic (exact) mass is 273 g/mol. The summed E-state index contributed by atoms with van der Waals surface area (Å²) in [6.45, 7) is 3.01. The van der Waals surface area contributed by atoms with E-state index in [0.717, 1.165) is 25.1 Å². The smallest absolute Gasteiger partial charge is 0.125 e. The van der Waals surface area contributed by atoms with Crippen molar-refractivity contribution in [3.8, 4) is 5.69 Å². The summed E-state index contributed by atoms with van der Waals surface area (Å²) in [7, 11) is 0. The van der Waals surface area contributed by atoms with Crippen molar-refractivity contribution in [2.24, 2.45) is 0 Å². The molecule has 0 aliphatic heterocycles. The SMILES string of the molecule is CCCc1c(CNC2CC2)cnn1-c1cccc(F)c1. The zero-order valence-electron chi connectivity index (χ0n) is 11.8. The van der Waals surface area contributed by atoms with Gasteiger partial charge in [0.25, 0.3) is 0 Å². The molecule has 1 aromatic carbocycles. The number of hydrogen-bond acceptors (Lipinski definition) is 2. The first kappa shape index (κ1) is 13.3. The van der Waals surface area contributed by atoms with E-state index in [2.05, 4.69) is 17.3 Å². The molecule has 20 heavy (non-hydrogen) atoms. The molecule has 0 saturated heterocycles. The quantitative estimate of drug-likeness (QED) is 0.876. The van der Waals surface area contributed by atoms with Crippen LogP contribution < -0.4 is 5.32 Å². The standard InChI is InChI=1S/C16H20FN3/c1-2-4-16-12(10-18-14-7-8-14)11-19-20(16)15-6-3-5-13(17)9-15/h3,5-6,9,11,14,18H,2,4,7-8,10H2,1H3. The second kappa shape index (κ2) is 5.75. The summed E-state index contributed by atoms with van der Waals surface area (Å²) in [6.07, 6.45) is 6.48. The minimum Gasteiger partial charge on any atom is -0.310 e. The van der Waals surface area contributed by atoms with Gasteiger partial charge in [-0.15, -0.1) is 0 Å². The highest BCUT2D eigenvalue weighted by Gasteiger charge is 2.21. The number of halogens is 1. The molecule has 1 aliphatic rings. The summed E-state index contributed by atoms with van der Waals surface area (Å²) in [5.74, 6) is -0.224. The lowest BCUT2D eigenvalue weighted by Gasteiger charge is -2.09. The summed E-state index contributed by atoms with van der Waals surface area (Å²) in [6, 6.07) is 7.30. The van der Waals surface area contributed by atoms with Gasteiger partial charge in [-0.2, -0.15) is 5.10 Å². The van der Waals surface area contributed by atoms with E-state index in [4.69, 9.17) is 0 Å². The highest BCUT2D eigenvalue weighted by molar-refractivity contribution is 5.35. The van der Waals surface area contributed by atoms with Crippen LogP contribution in [-0.4, -0.2) is 15.8 Å². The van der Waals surface area contributed by atoms with Crippen molar-refractivity contribution in [1.82, 2.24) is 15.1 Å². The summed E-state index contributed by atoms with van der Waals surface area (Å²) in [5.41, 5.74) is 3.21. The van der Waals surface area contributed by atoms with Gasteiger partial charge in [-0.25, -0.2) is 9.07 Å². The Morgan fingerprint density at radius 3 is 2.95 bits per heavy atom. The molecular formula is C16H20FN3. The first-order chi connectivity index (χ1) is 9.78. The molecule has 1 heterocycles. The van der Waals surface area contributed by atoms with E-state index in [9.17, 15) is 4.39 Å². The fraction of sp³-hybridized carbons (Fsp3) is 0.438. The number of hydrogen-bond donors (Lipinski definition) is 1. The fourth-order valence-electron chi connectivity index (χ4n) is 2.43. The van der Waals surface area contributed by atoms with Crippen LogP contribution in [0.25, 0.3) is 5.69 Å². The molecule has 0 spiro atoms. The van der Waals surface area contributed by atoms with Crippen molar-refractivity contribution in [2.75, 3.05) is 0 Å². The maximum Gasteiger partial charge on any atom is 0.125 e. The molecule has 3 rings (SSSR count). The second-order valence-corrected chi connectivity index (χ2v) is 5.41. The minimum atomic E-state index is -0.224. The zero-order valence-corrected chi connectivity index (χ0v) is 11.8. The van der Waals surface area contributed by atoms with E-state index < -0.39 is 0 Å². The van der Waals surface area contributed by atoms with Crippen LogP contribution in [0, 0.1) is 5.82 Å². The normalized spacial score (nSPS) is 14.7. The highest BCUT2D eigenvalue weighted by Crippen LogP contribution is 2.21. The van der Waals surface area contributed by atoms with Crippen LogP contribution >= 0.6 is 0 Å². The molecule has 0 bridgehead atoms. The number of nitrogens with zero attached hydrogens (tertiary/aromatic N) is 2. The van der Waals surface area contributed by atoms with Gasteiger partial charge in [0, 0.05) is 23.8 Å². The third-order valence-corrected chi connectivity index (χ3v) is 3.65. The largest absolute Gasteiger partial charge is 0.310 e. The lowest BCUT2D eigenvalue weighted by atomic mass is 10.1. The number of aromatic nitrogens is 2. The molecule has 1 aliphatic carbocycles. The van der Waals surface area contributed by atoms with Crippen molar-refractivity contribution in [3.05, 3.63) is 47.5 Å². The number of rotatable bonds is 6. The third-order valence-electron chi connectivity index (χ3n) is 3.65. The summed E-state index contributed by atoms with van der Waals surface area (Å²) in [4.78, 5) is 0. The van der Waals surface area contributed by atoms with Gasteiger partial charge in [-0.05, 0) is 37.5 Å². The average Bonchev–Trinajstić information content (AvgIpc) is 3.19. The highest BCUT2D eigenvalue weighted by atomic mass is 19.1. The summed E-state index contributed by atoms with van der Waals surface area (Å²) >= 11 is 0. The number of nitrogens with one attached hydrogen (secondary N) is 1. The Balaban J connectivity index is 1.88. The van der Waals surface area contributed by atoms with Crippen molar-refractivity contribution < 1.29 is 4.39 Å². The first-order valence-corrected chi connectivity index (χ1v) is 7.33. The second-order valence-electron chi connectivity index (χ2n) is 5.41. The summed E-state index contributed by atoms with van der Waals surface area (Å²) < 4.78 is 15.3. The molecular weight excluding hydrogens is 253 g/mol. The predicted octanol–water partition coefficient (Wildman–Crippen LogP) is 3.22. The van der Waals surface area contributed by atoms with E-state index in [1.54, 1.807) is 6.07 Å². The molecule has 1 aromatic heterocycles. The Morgan fingerprint density at radius 1 is 1.40 bits per heavy atom. The third kappa shape index (κ3) is 2.90. The van der Waals surface area contributed by atoms with Crippen molar-refractivity contribution >= 4 is 0 Å². The maximum atomic E-state index is 13.4. The van der Waals surface area contributed by atoms with Crippen LogP contribution in [0.2, 0.25) is 0 Å². The van der Waals surface area contributed by atoms with E-state index in [-0.39, 0.29) is 5.82 Å². The van der Waals surface area contributed by atoms with Crippen molar-refractivity contribution in [3.63, 3.8) is 0 Å². The van der Waals surface area contributed by atoms with Gasteiger partial charge in [0.05, 0.1) is 11.9 Å².